The molecule has 0 radical (unpaired) electrons. The number of aliphatic imine (C=N–C) groups is 1. The lowest BCUT2D eigenvalue weighted by Crippen LogP contribution is -2.51. The fraction of sp³-hybridized carbons (Fsp3) is 0.600. The summed E-state index contributed by atoms with van der Waals surface area (Å²) in [7, 11) is 1.81. The van der Waals surface area contributed by atoms with Gasteiger partial charge in [0.1, 0.15) is 0 Å². The number of halogens is 1. The molecular weight excluding hydrogens is 376 g/mol. The van der Waals surface area contributed by atoms with E-state index in [0.29, 0.717) is 6.04 Å². The van der Waals surface area contributed by atoms with Gasteiger partial charge in [0.25, 0.3) is 0 Å². The quantitative estimate of drug-likeness (QED) is 0.569. The molecule has 0 bridgehead atoms. The van der Waals surface area contributed by atoms with Crippen LogP contribution in [0.15, 0.2) is 29.3 Å². The van der Waals surface area contributed by atoms with E-state index in [4.69, 9.17) is 11.6 Å². The van der Waals surface area contributed by atoms with Gasteiger partial charge in [-0.15, -0.1) is 0 Å². The summed E-state index contributed by atoms with van der Waals surface area (Å²) in [4.78, 5) is 22.4. The zero-order valence-corrected chi connectivity index (χ0v) is 17.6. The highest BCUT2D eigenvalue weighted by atomic mass is 35.5. The third kappa shape index (κ3) is 5.75. The zero-order valence-electron chi connectivity index (χ0n) is 16.8. The number of benzene rings is 1. The van der Waals surface area contributed by atoms with Crippen LogP contribution >= 0.6 is 11.6 Å². The van der Waals surface area contributed by atoms with E-state index in [2.05, 4.69) is 31.5 Å². The molecule has 7 nitrogen and oxygen atoms in total. The van der Waals surface area contributed by atoms with Crippen LogP contribution in [-0.4, -0.2) is 87.1 Å². The van der Waals surface area contributed by atoms with Gasteiger partial charge in [-0.1, -0.05) is 17.7 Å². The number of carbonyl (C=O) groups excluding carboxylic acids is 1. The molecule has 0 aliphatic carbocycles. The Balaban J connectivity index is 1.38. The van der Waals surface area contributed by atoms with E-state index in [-0.39, 0.29) is 5.91 Å². The van der Waals surface area contributed by atoms with Gasteiger partial charge in [0.2, 0.25) is 5.91 Å². The minimum absolute atomic E-state index is 0.172. The third-order valence-electron chi connectivity index (χ3n) is 5.46. The number of piperazine rings is 1. The van der Waals surface area contributed by atoms with Crippen LogP contribution in [0.4, 0.5) is 5.69 Å². The largest absolute Gasteiger partial charge is 0.369 e. The average Bonchev–Trinajstić information content (AvgIpc) is 3.16. The molecule has 2 N–H and O–H groups in total. The first-order chi connectivity index (χ1) is 13.5. The maximum absolute atomic E-state index is 11.4. The van der Waals surface area contributed by atoms with Crippen molar-refractivity contribution in [2.45, 2.75) is 19.4 Å². The molecule has 2 aliphatic heterocycles. The summed E-state index contributed by atoms with van der Waals surface area (Å²) in [6, 6.07) is 8.39. The Morgan fingerprint density at radius 3 is 2.71 bits per heavy atom. The number of anilines is 1. The third-order valence-corrected chi connectivity index (χ3v) is 5.70. The molecule has 1 atom stereocenters. The number of guanidine groups is 1. The minimum Gasteiger partial charge on any atom is -0.369 e. The fourth-order valence-electron chi connectivity index (χ4n) is 3.79. The van der Waals surface area contributed by atoms with Crippen molar-refractivity contribution in [1.82, 2.24) is 20.4 Å². The summed E-state index contributed by atoms with van der Waals surface area (Å²) in [6.07, 6.45) is 1.07. The lowest BCUT2D eigenvalue weighted by molar-refractivity contribution is -0.130. The molecule has 1 unspecified atom stereocenters. The van der Waals surface area contributed by atoms with E-state index in [9.17, 15) is 4.79 Å². The van der Waals surface area contributed by atoms with Gasteiger partial charge < -0.3 is 20.4 Å². The molecule has 154 valence electrons. The summed E-state index contributed by atoms with van der Waals surface area (Å²) in [6.45, 7) is 8.89. The van der Waals surface area contributed by atoms with Gasteiger partial charge in [-0.25, -0.2) is 0 Å². The van der Waals surface area contributed by atoms with Crippen LogP contribution in [0.5, 0.6) is 0 Å². The van der Waals surface area contributed by atoms with Crippen LogP contribution in [0.2, 0.25) is 5.02 Å². The number of rotatable bonds is 5. The number of carbonyl (C=O) groups is 1. The molecule has 0 saturated carbocycles. The van der Waals surface area contributed by atoms with Crippen LogP contribution in [0.1, 0.15) is 13.3 Å². The topological polar surface area (TPSA) is 63.2 Å². The van der Waals surface area contributed by atoms with Crippen LogP contribution in [0, 0.1) is 0 Å². The molecule has 1 aromatic carbocycles. The Morgan fingerprint density at radius 1 is 1.25 bits per heavy atom. The van der Waals surface area contributed by atoms with E-state index >= 15 is 0 Å². The smallest absolute Gasteiger partial charge is 0.219 e. The number of hydrogen-bond acceptors (Lipinski definition) is 4. The highest BCUT2D eigenvalue weighted by Gasteiger charge is 2.24. The normalized spacial score (nSPS) is 21.1. The molecule has 2 aliphatic rings. The van der Waals surface area contributed by atoms with Crippen molar-refractivity contribution in [2.24, 2.45) is 4.99 Å². The lowest BCUT2D eigenvalue weighted by Gasteiger charge is -2.34. The van der Waals surface area contributed by atoms with Crippen LogP contribution in [0.3, 0.4) is 0 Å². The van der Waals surface area contributed by atoms with Gasteiger partial charge >= 0.3 is 0 Å². The Kier molecular flexibility index (Phi) is 7.39. The highest BCUT2D eigenvalue weighted by Crippen LogP contribution is 2.23. The van der Waals surface area contributed by atoms with E-state index < -0.39 is 0 Å². The summed E-state index contributed by atoms with van der Waals surface area (Å²) >= 11 is 6.12. The predicted octanol–water partition coefficient (Wildman–Crippen LogP) is 1.25. The van der Waals surface area contributed by atoms with Crippen LogP contribution in [0.25, 0.3) is 0 Å². The maximum atomic E-state index is 11.4. The number of nitrogens with one attached hydrogen (secondary N) is 2. The van der Waals surface area contributed by atoms with E-state index in [1.165, 1.54) is 5.69 Å². The summed E-state index contributed by atoms with van der Waals surface area (Å²) in [5.41, 5.74) is 1.17. The summed E-state index contributed by atoms with van der Waals surface area (Å²) in [5, 5.41) is 7.72. The van der Waals surface area contributed by atoms with Crippen molar-refractivity contribution in [3.8, 4) is 0 Å². The fourth-order valence-corrected chi connectivity index (χ4v) is 3.98. The van der Waals surface area contributed by atoms with Gasteiger partial charge in [-0.3, -0.25) is 14.7 Å². The van der Waals surface area contributed by atoms with E-state index in [0.717, 1.165) is 69.8 Å². The average molecular weight is 407 g/mol. The van der Waals surface area contributed by atoms with Gasteiger partial charge in [0.05, 0.1) is 0 Å². The molecular formula is C20H31ClN6O. The molecule has 0 spiro atoms. The van der Waals surface area contributed by atoms with E-state index in [1.807, 2.05) is 30.1 Å². The van der Waals surface area contributed by atoms with E-state index in [1.54, 1.807) is 6.92 Å². The molecule has 1 amide bonds. The monoisotopic (exact) mass is 406 g/mol. The van der Waals surface area contributed by atoms with Crippen LogP contribution in [-0.2, 0) is 4.79 Å². The van der Waals surface area contributed by atoms with Crippen LogP contribution < -0.4 is 15.5 Å². The molecule has 28 heavy (non-hydrogen) atoms. The van der Waals surface area contributed by atoms with Gasteiger partial charge in [0, 0.05) is 83.1 Å². The van der Waals surface area contributed by atoms with Gasteiger partial charge in [0.15, 0.2) is 5.96 Å². The molecule has 2 saturated heterocycles. The second-order valence-corrected chi connectivity index (χ2v) is 7.84. The highest BCUT2D eigenvalue weighted by molar-refractivity contribution is 6.30. The summed E-state index contributed by atoms with van der Waals surface area (Å²) < 4.78 is 0. The van der Waals surface area contributed by atoms with Crippen molar-refractivity contribution in [1.29, 1.82) is 0 Å². The first-order valence-electron chi connectivity index (χ1n) is 10.0. The lowest BCUT2D eigenvalue weighted by atomic mass is 10.2. The van der Waals surface area contributed by atoms with Gasteiger partial charge in [-0.05, 0) is 24.6 Å². The molecule has 1 aromatic rings. The van der Waals surface area contributed by atoms with Crippen molar-refractivity contribution in [3.05, 3.63) is 29.3 Å². The maximum Gasteiger partial charge on any atom is 0.219 e. The number of hydrogen-bond donors (Lipinski definition) is 2. The number of amides is 1. The number of nitrogens with zero attached hydrogens (tertiary/aromatic N) is 4. The minimum atomic E-state index is 0.172. The second-order valence-electron chi connectivity index (χ2n) is 7.40. The first kappa shape index (κ1) is 20.7. The van der Waals surface area contributed by atoms with Crippen molar-refractivity contribution in [2.75, 3.05) is 64.3 Å². The Bertz CT molecular complexity index is 689. The molecule has 8 heteroatoms. The molecule has 3 rings (SSSR count). The van der Waals surface area contributed by atoms with Crippen molar-refractivity contribution < 1.29 is 4.79 Å². The SMILES string of the molecule is CN=C(NCCN1CCN(C(C)=O)CC1)NC1CCN(c2cccc(Cl)c2)C1. The predicted molar refractivity (Wildman–Crippen MR) is 115 cm³/mol. The Hall–Kier alpha value is -1.99. The zero-order chi connectivity index (χ0) is 19.9. The van der Waals surface area contributed by atoms with Gasteiger partial charge in [-0.2, -0.15) is 0 Å². The summed E-state index contributed by atoms with van der Waals surface area (Å²) in [5.74, 6) is 1.02. The molecule has 0 aromatic heterocycles. The first-order valence-corrected chi connectivity index (χ1v) is 10.4. The second kappa shape index (κ2) is 9.98. The van der Waals surface area contributed by atoms with Crippen molar-refractivity contribution in [3.63, 3.8) is 0 Å². The molecule has 2 fully saturated rings. The van der Waals surface area contributed by atoms with Crippen molar-refractivity contribution >= 4 is 29.2 Å². The Morgan fingerprint density at radius 2 is 2.04 bits per heavy atom. The molecule has 2 heterocycles. The standard InChI is InChI=1S/C20H31ClN6O/c1-16(28)26-12-10-25(11-13-26)9-7-23-20(22-2)24-18-6-8-27(15-18)19-5-3-4-17(21)14-19/h3-5,14,18H,6-13,15H2,1-2H3,(H2,22,23,24). The Labute approximate surface area is 172 Å².